The van der Waals surface area contributed by atoms with E-state index in [0.717, 1.165) is 24.6 Å². The van der Waals surface area contributed by atoms with E-state index in [1.807, 2.05) is 6.92 Å². The number of benzene rings is 1. The average Bonchev–Trinajstić information content (AvgIpc) is 2.34. The van der Waals surface area contributed by atoms with E-state index in [1.165, 1.54) is 4.90 Å². The highest BCUT2D eigenvalue weighted by atomic mass is 19.1. The molecule has 1 saturated heterocycles. The minimum atomic E-state index is -0.924. The fraction of sp³-hybridized carbons (Fsp3) is 0.462. The van der Waals surface area contributed by atoms with Crippen molar-refractivity contribution in [3.63, 3.8) is 0 Å². The summed E-state index contributed by atoms with van der Waals surface area (Å²) in [6, 6.07) is 2.77. The number of nitrogens with zero attached hydrogens (tertiary/aromatic N) is 2. The lowest BCUT2D eigenvalue weighted by molar-refractivity contribution is -0.385. The Bertz CT molecular complexity index is 555. The van der Waals surface area contributed by atoms with Crippen molar-refractivity contribution in [2.45, 2.75) is 25.4 Å². The fourth-order valence-electron chi connectivity index (χ4n) is 2.44. The summed E-state index contributed by atoms with van der Waals surface area (Å²) in [6.07, 6.45) is 1.33. The molecule has 1 aliphatic rings. The number of carbonyl (C=O) groups is 1. The van der Waals surface area contributed by atoms with Crippen LogP contribution in [0.4, 0.5) is 10.1 Å². The zero-order chi connectivity index (χ0) is 14.9. The van der Waals surface area contributed by atoms with Gasteiger partial charge in [0.25, 0.3) is 11.6 Å². The first kappa shape index (κ1) is 14.4. The van der Waals surface area contributed by atoms with Gasteiger partial charge in [-0.25, -0.2) is 4.39 Å². The first-order valence-electron chi connectivity index (χ1n) is 6.32. The predicted molar refractivity (Wildman–Crippen MR) is 68.8 cm³/mol. The zero-order valence-corrected chi connectivity index (χ0v) is 11.0. The molecule has 0 aliphatic carbocycles. The van der Waals surface area contributed by atoms with Gasteiger partial charge in [-0.3, -0.25) is 14.9 Å². The van der Waals surface area contributed by atoms with Crippen LogP contribution in [0, 0.1) is 15.9 Å². The SMILES string of the molecule is CCCC1(O)CN(C(=O)c2cc(F)ccc2[N+](=O)[O-])C1. The molecule has 1 aromatic rings. The van der Waals surface area contributed by atoms with Crippen LogP contribution in [0.15, 0.2) is 18.2 Å². The van der Waals surface area contributed by atoms with Gasteiger partial charge in [-0.2, -0.15) is 0 Å². The first-order valence-corrected chi connectivity index (χ1v) is 6.32. The van der Waals surface area contributed by atoms with Crippen molar-refractivity contribution in [1.82, 2.24) is 4.90 Å². The Labute approximate surface area is 115 Å². The third-order valence-corrected chi connectivity index (χ3v) is 3.36. The Hall–Kier alpha value is -2.02. The maximum Gasteiger partial charge on any atom is 0.282 e. The minimum absolute atomic E-state index is 0.118. The molecular weight excluding hydrogens is 267 g/mol. The minimum Gasteiger partial charge on any atom is -0.386 e. The van der Waals surface area contributed by atoms with Gasteiger partial charge >= 0.3 is 0 Å². The lowest BCUT2D eigenvalue weighted by Gasteiger charge is -2.46. The zero-order valence-electron chi connectivity index (χ0n) is 11.0. The number of nitro groups is 1. The molecule has 1 aliphatic heterocycles. The van der Waals surface area contributed by atoms with Crippen LogP contribution in [0.3, 0.4) is 0 Å². The molecule has 6 nitrogen and oxygen atoms in total. The van der Waals surface area contributed by atoms with E-state index >= 15 is 0 Å². The number of amides is 1. The molecule has 7 heteroatoms. The number of β-amino-alcohol motifs (C(OH)–C–C–N with tert-alkyl or cyclic N) is 1. The molecule has 1 aromatic carbocycles. The molecule has 0 bridgehead atoms. The predicted octanol–water partition coefficient (Wildman–Crippen LogP) is 1.72. The number of carbonyl (C=O) groups excluding carboxylic acids is 1. The molecule has 1 fully saturated rings. The largest absolute Gasteiger partial charge is 0.386 e. The highest BCUT2D eigenvalue weighted by Gasteiger charge is 2.44. The van der Waals surface area contributed by atoms with Gasteiger partial charge in [0.15, 0.2) is 0 Å². The third kappa shape index (κ3) is 2.62. The number of halogens is 1. The van der Waals surface area contributed by atoms with E-state index in [1.54, 1.807) is 0 Å². The van der Waals surface area contributed by atoms with Crippen molar-refractivity contribution in [1.29, 1.82) is 0 Å². The summed E-state index contributed by atoms with van der Waals surface area (Å²) in [5, 5.41) is 20.9. The van der Waals surface area contributed by atoms with Crippen molar-refractivity contribution in [3.05, 3.63) is 39.7 Å². The molecule has 1 N–H and O–H groups in total. The van der Waals surface area contributed by atoms with Crippen molar-refractivity contribution in [3.8, 4) is 0 Å². The molecule has 0 atom stereocenters. The monoisotopic (exact) mass is 282 g/mol. The first-order chi connectivity index (χ1) is 9.36. The van der Waals surface area contributed by atoms with Gasteiger partial charge in [0.1, 0.15) is 11.4 Å². The number of likely N-dealkylation sites (tertiary alicyclic amines) is 1. The smallest absolute Gasteiger partial charge is 0.282 e. The maximum absolute atomic E-state index is 13.2. The van der Waals surface area contributed by atoms with Crippen LogP contribution in [0.25, 0.3) is 0 Å². The van der Waals surface area contributed by atoms with Crippen LogP contribution < -0.4 is 0 Å². The van der Waals surface area contributed by atoms with Gasteiger partial charge in [0.2, 0.25) is 0 Å². The molecule has 0 unspecified atom stereocenters. The van der Waals surface area contributed by atoms with E-state index < -0.39 is 27.9 Å². The Morgan fingerprint density at radius 3 is 2.75 bits per heavy atom. The summed E-state index contributed by atoms with van der Waals surface area (Å²) in [5.74, 6) is -1.33. The fourth-order valence-corrected chi connectivity index (χ4v) is 2.44. The second-order valence-electron chi connectivity index (χ2n) is 5.05. The standard InChI is InChI=1S/C13H15FN2O4/c1-2-5-13(18)7-15(8-13)12(17)10-6-9(14)3-4-11(10)16(19)20/h3-4,6,18H,2,5,7-8H2,1H3. The highest BCUT2D eigenvalue weighted by Crippen LogP contribution is 2.29. The third-order valence-electron chi connectivity index (χ3n) is 3.36. The van der Waals surface area contributed by atoms with Gasteiger partial charge in [0, 0.05) is 6.07 Å². The van der Waals surface area contributed by atoms with Crippen molar-refractivity contribution >= 4 is 11.6 Å². The molecule has 1 heterocycles. The van der Waals surface area contributed by atoms with Crippen LogP contribution in [-0.4, -0.2) is 39.5 Å². The van der Waals surface area contributed by atoms with Crippen molar-refractivity contribution < 1.29 is 19.2 Å². The van der Waals surface area contributed by atoms with Crippen LogP contribution in [0.1, 0.15) is 30.1 Å². The highest BCUT2D eigenvalue weighted by molar-refractivity contribution is 5.98. The Balaban J connectivity index is 2.19. The Kier molecular flexibility index (Phi) is 3.71. The van der Waals surface area contributed by atoms with Gasteiger partial charge in [-0.05, 0) is 18.6 Å². The molecule has 0 saturated carbocycles. The Morgan fingerprint density at radius 2 is 2.20 bits per heavy atom. The number of rotatable bonds is 4. The maximum atomic E-state index is 13.2. The number of hydrogen-bond acceptors (Lipinski definition) is 4. The van der Waals surface area contributed by atoms with Crippen LogP contribution in [-0.2, 0) is 0 Å². The molecular formula is C13H15FN2O4. The molecule has 20 heavy (non-hydrogen) atoms. The normalized spacial score (nSPS) is 16.6. The van der Waals surface area contributed by atoms with Crippen molar-refractivity contribution in [2.75, 3.05) is 13.1 Å². The van der Waals surface area contributed by atoms with Gasteiger partial charge in [0.05, 0.1) is 23.6 Å². The van der Waals surface area contributed by atoms with Crippen LogP contribution in [0.2, 0.25) is 0 Å². The summed E-state index contributed by atoms with van der Waals surface area (Å²) in [5.41, 5.74) is -1.64. The summed E-state index contributed by atoms with van der Waals surface area (Å²) in [4.78, 5) is 23.6. The lowest BCUT2D eigenvalue weighted by Crippen LogP contribution is -2.63. The van der Waals surface area contributed by atoms with Crippen LogP contribution >= 0.6 is 0 Å². The molecule has 0 radical (unpaired) electrons. The van der Waals surface area contributed by atoms with Gasteiger partial charge in [-0.15, -0.1) is 0 Å². The Morgan fingerprint density at radius 1 is 1.55 bits per heavy atom. The molecule has 2 rings (SSSR count). The number of hydrogen-bond donors (Lipinski definition) is 1. The van der Waals surface area contributed by atoms with E-state index in [9.17, 15) is 24.4 Å². The van der Waals surface area contributed by atoms with E-state index in [-0.39, 0.29) is 18.7 Å². The quantitative estimate of drug-likeness (QED) is 0.673. The lowest BCUT2D eigenvalue weighted by atomic mass is 9.88. The molecule has 108 valence electrons. The molecule has 1 amide bonds. The van der Waals surface area contributed by atoms with E-state index in [0.29, 0.717) is 6.42 Å². The second kappa shape index (κ2) is 5.16. The van der Waals surface area contributed by atoms with E-state index in [4.69, 9.17) is 0 Å². The molecule has 0 spiro atoms. The number of nitro benzene ring substituents is 1. The van der Waals surface area contributed by atoms with Crippen molar-refractivity contribution in [2.24, 2.45) is 0 Å². The number of aliphatic hydroxyl groups is 1. The summed E-state index contributed by atoms with van der Waals surface area (Å²) in [6.45, 7) is 2.15. The van der Waals surface area contributed by atoms with Crippen LogP contribution in [0.5, 0.6) is 0 Å². The molecule has 0 aromatic heterocycles. The second-order valence-corrected chi connectivity index (χ2v) is 5.05. The summed E-state index contributed by atoms with van der Waals surface area (Å²) in [7, 11) is 0. The average molecular weight is 282 g/mol. The topological polar surface area (TPSA) is 83.7 Å². The van der Waals surface area contributed by atoms with E-state index in [2.05, 4.69) is 0 Å². The summed E-state index contributed by atoms with van der Waals surface area (Å²) >= 11 is 0. The van der Waals surface area contributed by atoms with Gasteiger partial charge in [-0.1, -0.05) is 13.3 Å². The summed E-state index contributed by atoms with van der Waals surface area (Å²) < 4.78 is 13.2. The van der Waals surface area contributed by atoms with Gasteiger partial charge < -0.3 is 10.0 Å².